The van der Waals surface area contributed by atoms with Gasteiger partial charge >= 0.3 is 0 Å². The van der Waals surface area contributed by atoms with E-state index in [1.165, 1.54) is 17.0 Å². The summed E-state index contributed by atoms with van der Waals surface area (Å²) in [7, 11) is 0. The SMILES string of the molecule is Cc1ccc(=O)n(C2COCC2Nc2nc3c(s2)CCC3)n1. The van der Waals surface area contributed by atoms with Crippen LogP contribution in [0.4, 0.5) is 5.13 Å². The zero-order valence-electron chi connectivity index (χ0n) is 12.4. The van der Waals surface area contributed by atoms with Gasteiger partial charge in [0.15, 0.2) is 5.13 Å². The zero-order valence-corrected chi connectivity index (χ0v) is 13.2. The molecule has 0 aromatic carbocycles. The Morgan fingerprint density at radius 3 is 3.14 bits per heavy atom. The molecule has 2 unspecified atom stereocenters. The second kappa shape index (κ2) is 5.48. The molecule has 1 aliphatic carbocycles. The summed E-state index contributed by atoms with van der Waals surface area (Å²) < 4.78 is 7.13. The van der Waals surface area contributed by atoms with Gasteiger partial charge in [0, 0.05) is 10.9 Å². The largest absolute Gasteiger partial charge is 0.377 e. The lowest BCUT2D eigenvalue weighted by atomic mass is 10.2. The highest BCUT2D eigenvalue weighted by atomic mass is 32.1. The predicted octanol–water partition coefficient (Wildman–Crippen LogP) is 1.55. The van der Waals surface area contributed by atoms with Crippen molar-refractivity contribution in [2.24, 2.45) is 0 Å². The van der Waals surface area contributed by atoms with Gasteiger partial charge in [0.2, 0.25) is 0 Å². The van der Waals surface area contributed by atoms with Crippen molar-refractivity contribution in [1.29, 1.82) is 0 Å². The third-order valence-corrected chi connectivity index (χ3v) is 5.32. The van der Waals surface area contributed by atoms with E-state index in [4.69, 9.17) is 4.74 Å². The molecule has 3 heterocycles. The summed E-state index contributed by atoms with van der Waals surface area (Å²) in [5.41, 5.74) is 1.97. The summed E-state index contributed by atoms with van der Waals surface area (Å²) >= 11 is 1.73. The summed E-state index contributed by atoms with van der Waals surface area (Å²) in [6.07, 6.45) is 3.43. The second-order valence-corrected chi connectivity index (χ2v) is 6.94. The fourth-order valence-electron chi connectivity index (χ4n) is 3.09. The average Bonchev–Trinajstić information content (AvgIpc) is 3.17. The smallest absolute Gasteiger partial charge is 0.267 e. The van der Waals surface area contributed by atoms with Gasteiger partial charge in [0.05, 0.1) is 30.6 Å². The van der Waals surface area contributed by atoms with Gasteiger partial charge in [-0.2, -0.15) is 5.10 Å². The molecule has 2 aliphatic rings. The van der Waals surface area contributed by atoms with Crippen LogP contribution in [0.25, 0.3) is 0 Å². The van der Waals surface area contributed by atoms with Gasteiger partial charge in [0.1, 0.15) is 6.04 Å². The number of hydrogen-bond acceptors (Lipinski definition) is 6. The van der Waals surface area contributed by atoms with E-state index >= 15 is 0 Å². The van der Waals surface area contributed by atoms with Crippen LogP contribution in [0.1, 0.15) is 28.7 Å². The van der Waals surface area contributed by atoms with Crippen LogP contribution < -0.4 is 10.9 Å². The Balaban J connectivity index is 1.58. The number of fused-ring (bicyclic) bond motifs is 1. The minimum absolute atomic E-state index is 0.0262. The standard InChI is InChI=1S/C15H18N4O2S/c1-9-5-6-14(20)19(18-9)12-8-21-7-11(12)17-15-16-10-3-2-4-13(10)22-15/h5-6,11-12H,2-4,7-8H2,1H3,(H,16,17). The first-order chi connectivity index (χ1) is 10.7. The fourth-order valence-corrected chi connectivity index (χ4v) is 4.20. The van der Waals surface area contributed by atoms with Gasteiger partial charge in [-0.3, -0.25) is 4.79 Å². The first kappa shape index (κ1) is 13.9. The lowest BCUT2D eigenvalue weighted by Crippen LogP contribution is -2.37. The first-order valence-corrected chi connectivity index (χ1v) is 8.42. The highest BCUT2D eigenvalue weighted by molar-refractivity contribution is 7.15. The van der Waals surface area contributed by atoms with Crippen LogP contribution in [0.15, 0.2) is 16.9 Å². The molecule has 0 bridgehead atoms. The fraction of sp³-hybridized carbons (Fsp3) is 0.533. The monoisotopic (exact) mass is 318 g/mol. The number of anilines is 1. The van der Waals surface area contributed by atoms with Crippen molar-refractivity contribution in [3.63, 3.8) is 0 Å². The van der Waals surface area contributed by atoms with E-state index in [1.54, 1.807) is 28.2 Å². The summed E-state index contributed by atoms with van der Waals surface area (Å²) in [6, 6.07) is 3.24. The lowest BCUT2D eigenvalue weighted by Gasteiger charge is -2.20. The van der Waals surface area contributed by atoms with Gasteiger partial charge in [-0.1, -0.05) is 0 Å². The van der Waals surface area contributed by atoms with Crippen molar-refractivity contribution in [1.82, 2.24) is 14.8 Å². The number of ether oxygens (including phenoxy) is 1. The zero-order chi connectivity index (χ0) is 15.1. The van der Waals surface area contributed by atoms with E-state index in [1.807, 2.05) is 6.92 Å². The van der Waals surface area contributed by atoms with Crippen LogP contribution in [-0.4, -0.2) is 34.0 Å². The molecule has 1 fully saturated rings. The molecule has 2 aromatic heterocycles. The Morgan fingerprint density at radius 2 is 2.27 bits per heavy atom. The van der Waals surface area contributed by atoms with Crippen molar-refractivity contribution in [3.8, 4) is 0 Å². The first-order valence-electron chi connectivity index (χ1n) is 7.60. The Kier molecular flexibility index (Phi) is 3.46. The molecule has 0 spiro atoms. The van der Waals surface area contributed by atoms with Gasteiger partial charge in [-0.05, 0) is 32.3 Å². The number of hydrogen-bond donors (Lipinski definition) is 1. The summed E-state index contributed by atoms with van der Waals surface area (Å²) in [5, 5.41) is 8.75. The van der Waals surface area contributed by atoms with E-state index < -0.39 is 0 Å². The Morgan fingerprint density at radius 1 is 1.36 bits per heavy atom. The van der Waals surface area contributed by atoms with E-state index in [2.05, 4.69) is 15.4 Å². The van der Waals surface area contributed by atoms with E-state index in [-0.39, 0.29) is 17.6 Å². The molecule has 116 valence electrons. The third kappa shape index (κ3) is 2.44. The maximum Gasteiger partial charge on any atom is 0.267 e. The number of aromatic nitrogens is 3. The minimum atomic E-state index is -0.0915. The van der Waals surface area contributed by atoms with Crippen LogP contribution in [-0.2, 0) is 17.6 Å². The van der Waals surface area contributed by atoms with Crippen LogP contribution in [0, 0.1) is 6.92 Å². The quantitative estimate of drug-likeness (QED) is 0.930. The molecule has 6 nitrogen and oxygen atoms in total. The molecule has 1 N–H and O–H groups in total. The van der Waals surface area contributed by atoms with Crippen molar-refractivity contribution in [2.75, 3.05) is 18.5 Å². The highest BCUT2D eigenvalue weighted by Crippen LogP contribution is 2.32. The maximum atomic E-state index is 12.1. The molecule has 7 heteroatoms. The second-order valence-electron chi connectivity index (χ2n) is 5.86. The van der Waals surface area contributed by atoms with Crippen molar-refractivity contribution < 1.29 is 4.74 Å². The normalized spacial score (nSPS) is 23.7. The van der Waals surface area contributed by atoms with Gasteiger partial charge in [0.25, 0.3) is 5.56 Å². The maximum absolute atomic E-state index is 12.1. The van der Waals surface area contributed by atoms with Crippen LogP contribution in [0.2, 0.25) is 0 Å². The van der Waals surface area contributed by atoms with E-state index in [0.717, 1.165) is 23.7 Å². The molecular formula is C15H18N4O2S. The van der Waals surface area contributed by atoms with Crippen LogP contribution in [0.3, 0.4) is 0 Å². The lowest BCUT2D eigenvalue weighted by molar-refractivity contribution is 0.182. The summed E-state index contributed by atoms with van der Waals surface area (Å²) in [4.78, 5) is 18.1. The average molecular weight is 318 g/mol. The third-order valence-electron chi connectivity index (χ3n) is 4.23. The Hall–Kier alpha value is -1.73. The van der Waals surface area contributed by atoms with Gasteiger partial charge < -0.3 is 10.1 Å². The Bertz CT molecular complexity index is 733. The topological polar surface area (TPSA) is 69.0 Å². The van der Waals surface area contributed by atoms with E-state index in [0.29, 0.717) is 13.2 Å². The number of nitrogens with one attached hydrogen (secondary N) is 1. The number of thiazole rings is 1. The van der Waals surface area contributed by atoms with Crippen LogP contribution >= 0.6 is 11.3 Å². The summed E-state index contributed by atoms with van der Waals surface area (Å²) in [5.74, 6) is 0. The molecule has 0 radical (unpaired) electrons. The Labute approximate surface area is 132 Å². The number of nitrogens with zero attached hydrogens (tertiary/aromatic N) is 3. The number of rotatable bonds is 3. The molecule has 1 saturated heterocycles. The minimum Gasteiger partial charge on any atom is -0.377 e. The van der Waals surface area contributed by atoms with Gasteiger partial charge in [-0.25, -0.2) is 9.67 Å². The van der Waals surface area contributed by atoms with Gasteiger partial charge in [-0.15, -0.1) is 11.3 Å². The molecule has 0 amide bonds. The highest BCUT2D eigenvalue weighted by Gasteiger charge is 2.32. The molecule has 22 heavy (non-hydrogen) atoms. The molecule has 2 aromatic rings. The molecule has 4 rings (SSSR count). The van der Waals surface area contributed by atoms with Crippen molar-refractivity contribution >= 4 is 16.5 Å². The summed E-state index contributed by atoms with van der Waals surface area (Å²) in [6.45, 7) is 2.95. The molecule has 0 saturated carbocycles. The van der Waals surface area contributed by atoms with E-state index in [9.17, 15) is 4.79 Å². The molecule has 1 aliphatic heterocycles. The van der Waals surface area contributed by atoms with Crippen molar-refractivity contribution in [2.45, 2.75) is 38.3 Å². The van der Waals surface area contributed by atoms with Crippen molar-refractivity contribution in [3.05, 3.63) is 38.8 Å². The number of aryl methyl sites for hydroxylation is 3. The molecule has 2 atom stereocenters. The molecular weight excluding hydrogens is 300 g/mol. The van der Waals surface area contributed by atoms with Crippen LogP contribution in [0.5, 0.6) is 0 Å². The predicted molar refractivity (Wildman–Crippen MR) is 84.6 cm³/mol.